The largest absolute Gasteiger partial charge is 0.507 e. The molecule has 3 aromatic carbocycles. The van der Waals surface area contributed by atoms with Gasteiger partial charge in [0.05, 0.1) is 18.7 Å². The van der Waals surface area contributed by atoms with Crippen LogP contribution in [0.4, 0.5) is 4.39 Å². The van der Waals surface area contributed by atoms with Crippen LogP contribution in [0.5, 0.6) is 5.75 Å². The van der Waals surface area contributed by atoms with E-state index >= 15 is 0 Å². The third kappa shape index (κ3) is 4.12. The first-order chi connectivity index (χ1) is 17.4. The number of aliphatic hydroxyl groups excluding tert-OH is 1. The Kier molecular flexibility index (Phi) is 6.24. The number of hydrogen-bond acceptors (Lipinski definition) is 4. The number of aromatic amines is 1. The van der Waals surface area contributed by atoms with Gasteiger partial charge in [0.25, 0.3) is 11.7 Å². The Morgan fingerprint density at radius 2 is 1.86 bits per heavy atom. The molecule has 0 aliphatic carbocycles. The summed E-state index contributed by atoms with van der Waals surface area (Å²) < 4.78 is 20.3. The quantitative estimate of drug-likeness (QED) is 0.202. The van der Waals surface area contributed by atoms with Crippen molar-refractivity contribution in [1.82, 2.24) is 9.88 Å². The van der Waals surface area contributed by atoms with Crippen LogP contribution in [0.15, 0.2) is 78.5 Å². The fourth-order valence-corrected chi connectivity index (χ4v) is 4.75. The summed E-state index contributed by atoms with van der Waals surface area (Å²) in [4.78, 5) is 30.9. The van der Waals surface area contributed by atoms with Crippen molar-refractivity contribution in [2.24, 2.45) is 0 Å². The van der Waals surface area contributed by atoms with E-state index in [0.29, 0.717) is 22.8 Å². The average molecular weight is 505 g/mol. The average Bonchev–Trinajstić information content (AvgIpc) is 3.40. The molecular weight excluding hydrogens is 483 g/mol. The first-order valence-electron chi connectivity index (χ1n) is 11.3. The number of amides is 1. The van der Waals surface area contributed by atoms with Crippen molar-refractivity contribution < 1.29 is 23.8 Å². The number of methoxy groups -OCH3 is 1. The zero-order chi connectivity index (χ0) is 25.4. The minimum absolute atomic E-state index is 0.130. The molecule has 1 atom stereocenters. The number of rotatable bonds is 6. The molecule has 1 aliphatic rings. The number of nitrogens with zero attached hydrogens (tertiary/aromatic N) is 1. The Morgan fingerprint density at radius 1 is 1.11 bits per heavy atom. The maximum Gasteiger partial charge on any atom is 0.295 e. The summed E-state index contributed by atoms with van der Waals surface area (Å²) in [6.45, 7) is 0.130. The summed E-state index contributed by atoms with van der Waals surface area (Å²) in [6, 6.07) is 16.7. The molecule has 1 aromatic heterocycles. The second-order valence-corrected chi connectivity index (χ2v) is 8.93. The number of hydrogen-bond donors (Lipinski definition) is 2. The van der Waals surface area contributed by atoms with Gasteiger partial charge in [0.15, 0.2) is 0 Å². The van der Waals surface area contributed by atoms with Crippen molar-refractivity contribution in [3.63, 3.8) is 0 Å². The Hall–Kier alpha value is -4.10. The Balaban J connectivity index is 1.56. The van der Waals surface area contributed by atoms with Crippen molar-refractivity contribution in [3.8, 4) is 5.75 Å². The van der Waals surface area contributed by atoms with Gasteiger partial charge in [-0.1, -0.05) is 29.8 Å². The standard InChI is InChI=1S/C28H22ClFN2O4/c1-36-19-10-11-23-21(14-19)17(15-31-23)12-13-32-25(20-4-2-3-5-22(20)30)24(27(34)28(32)35)26(33)16-6-8-18(29)9-7-16/h2-11,14-15,25,31,33H,12-13H2,1H3/b26-24-. The topological polar surface area (TPSA) is 82.6 Å². The second kappa shape index (κ2) is 9.51. The number of benzene rings is 3. The first kappa shape index (κ1) is 23.6. The zero-order valence-corrected chi connectivity index (χ0v) is 20.1. The summed E-state index contributed by atoms with van der Waals surface area (Å²) >= 11 is 5.96. The highest BCUT2D eigenvalue weighted by Crippen LogP contribution is 2.40. The van der Waals surface area contributed by atoms with Gasteiger partial charge in [0, 0.05) is 39.8 Å². The molecule has 1 fully saturated rings. The lowest BCUT2D eigenvalue weighted by Gasteiger charge is -2.25. The molecule has 8 heteroatoms. The van der Waals surface area contributed by atoms with Crippen molar-refractivity contribution in [2.45, 2.75) is 12.5 Å². The van der Waals surface area contributed by atoms with Gasteiger partial charge in [-0.2, -0.15) is 0 Å². The number of aromatic nitrogens is 1. The van der Waals surface area contributed by atoms with E-state index in [9.17, 15) is 19.1 Å². The fraction of sp³-hybridized carbons (Fsp3) is 0.143. The van der Waals surface area contributed by atoms with Gasteiger partial charge in [0.1, 0.15) is 17.3 Å². The molecule has 1 unspecified atom stereocenters. The number of ketones is 1. The van der Waals surface area contributed by atoms with Gasteiger partial charge < -0.3 is 19.7 Å². The highest BCUT2D eigenvalue weighted by molar-refractivity contribution is 6.46. The minimum Gasteiger partial charge on any atom is -0.507 e. The van der Waals surface area contributed by atoms with Crippen molar-refractivity contribution in [2.75, 3.05) is 13.7 Å². The molecule has 0 radical (unpaired) electrons. The molecule has 1 aliphatic heterocycles. The van der Waals surface area contributed by atoms with Crippen molar-refractivity contribution in [1.29, 1.82) is 0 Å². The van der Waals surface area contributed by atoms with Gasteiger partial charge in [-0.25, -0.2) is 4.39 Å². The number of halogens is 2. The first-order valence-corrected chi connectivity index (χ1v) is 11.7. The summed E-state index contributed by atoms with van der Waals surface area (Å²) in [5.74, 6) is -1.92. The number of aliphatic hydroxyl groups is 1. The number of nitrogens with one attached hydrogen (secondary N) is 1. The van der Waals surface area contributed by atoms with Crippen LogP contribution in [0.1, 0.15) is 22.7 Å². The minimum atomic E-state index is -1.08. The molecule has 2 N–H and O–H groups in total. The molecule has 1 amide bonds. The Bertz CT molecular complexity index is 1510. The van der Waals surface area contributed by atoms with Gasteiger partial charge in [-0.15, -0.1) is 0 Å². The van der Waals surface area contributed by atoms with Gasteiger partial charge in [0.2, 0.25) is 0 Å². The number of carbonyl (C=O) groups is 2. The van der Waals surface area contributed by atoms with Gasteiger partial charge >= 0.3 is 0 Å². The second-order valence-electron chi connectivity index (χ2n) is 8.50. The van der Waals surface area contributed by atoms with Crippen molar-refractivity contribution in [3.05, 3.63) is 106 Å². The molecular formula is C28H22ClFN2O4. The molecule has 0 saturated carbocycles. The number of ether oxygens (including phenoxy) is 1. The van der Waals surface area contributed by atoms with Crippen LogP contribution in [-0.2, 0) is 16.0 Å². The van der Waals surface area contributed by atoms with E-state index in [0.717, 1.165) is 16.5 Å². The van der Waals surface area contributed by atoms with Crippen LogP contribution in [0, 0.1) is 5.82 Å². The van der Waals surface area contributed by atoms with Crippen molar-refractivity contribution >= 4 is 40.0 Å². The van der Waals surface area contributed by atoms with Gasteiger partial charge in [-0.05, 0) is 60.5 Å². The molecule has 2 heterocycles. The van der Waals surface area contributed by atoms with Crippen LogP contribution in [-0.4, -0.2) is 40.3 Å². The maximum absolute atomic E-state index is 15.0. The van der Waals surface area contributed by atoms with Crippen LogP contribution >= 0.6 is 11.6 Å². The molecule has 36 heavy (non-hydrogen) atoms. The molecule has 182 valence electrons. The normalized spacial score (nSPS) is 17.2. The Morgan fingerprint density at radius 3 is 2.58 bits per heavy atom. The number of carbonyl (C=O) groups excluding carboxylic acids is 2. The van der Waals surface area contributed by atoms with Crippen LogP contribution in [0.2, 0.25) is 5.02 Å². The van der Waals surface area contributed by atoms with Crippen LogP contribution in [0.25, 0.3) is 16.7 Å². The summed E-state index contributed by atoms with van der Waals surface area (Å²) in [6.07, 6.45) is 2.23. The highest BCUT2D eigenvalue weighted by Gasteiger charge is 2.46. The zero-order valence-electron chi connectivity index (χ0n) is 19.3. The highest BCUT2D eigenvalue weighted by atomic mass is 35.5. The van der Waals surface area contributed by atoms with E-state index in [1.165, 1.54) is 23.1 Å². The molecule has 6 nitrogen and oxygen atoms in total. The number of likely N-dealkylation sites (tertiary alicyclic amines) is 1. The monoisotopic (exact) mass is 504 g/mol. The lowest BCUT2D eigenvalue weighted by atomic mass is 9.95. The lowest BCUT2D eigenvalue weighted by molar-refractivity contribution is -0.139. The predicted octanol–water partition coefficient (Wildman–Crippen LogP) is 5.63. The lowest BCUT2D eigenvalue weighted by Crippen LogP contribution is -2.32. The van der Waals surface area contributed by atoms with E-state index in [2.05, 4.69) is 4.98 Å². The van der Waals surface area contributed by atoms with Crippen LogP contribution < -0.4 is 4.74 Å². The Labute approximate surface area is 211 Å². The van der Waals surface area contributed by atoms with E-state index in [4.69, 9.17) is 16.3 Å². The molecule has 1 saturated heterocycles. The number of fused-ring (bicyclic) bond motifs is 1. The van der Waals surface area contributed by atoms with E-state index in [1.54, 1.807) is 37.4 Å². The van der Waals surface area contributed by atoms with E-state index in [1.807, 2.05) is 24.4 Å². The molecule has 5 rings (SSSR count). The van der Waals surface area contributed by atoms with Crippen LogP contribution in [0.3, 0.4) is 0 Å². The fourth-order valence-electron chi connectivity index (χ4n) is 4.63. The third-order valence-electron chi connectivity index (χ3n) is 6.45. The number of H-pyrrole nitrogens is 1. The summed E-state index contributed by atoms with van der Waals surface area (Å²) in [7, 11) is 1.59. The van der Waals surface area contributed by atoms with E-state index < -0.39 is 23.5 Å². The molecule has 4 aromatic rings. The van der Waals surface area contributed by atoms with E-state index in [-0.39, 0.29) is 23.4 Å². The summed E-state index contributed by atoms with van der Waals surface area (Å²) in [5, 5.41) is 12.5. The maximum atomic E-state index is 15.0. The predicted molar refractivity (Wildman–Crippen MR) is 135 cm³/mol. The summed E-state index contributed by atoms with van der Waals surface area (Å²) in [5.41, 5.74) is 2.10. The number of Topliss-reactive ketones (excluding diaryl/α,β-unsaturated/α-hetero) is 1. The van der Waals surface area contributed by atoms with Gasteiger partial charge in [-0.3, -0.25) is 9.59 Å². The smallest absolute Gasteiger partial charge is 0.295 e. The SMILES string of the molecule is COc1ccc2[nH]cc(CCN3C(=O)C(=O)/C(=C(\O)c4ccc(Cl)cc4)C3c3ccccc3F)c2c1. The third-order valence-corrected chi connectivity index (χ3v) is 6.71. The molecule has 0 spiro atoms. The molecule has 0 bridgehead atoms.